The van der Waals surface area contributed by atoms with Crippen LogP contribution in [0.4, 0.5) is 0 Å². The highest BCUT2D eigenvalue weighted by Gasteiger charge is 2.50. The zero-order valence-corrected chi connectivity index (χ0v) is 11.4. The van der Waals surface area contributed by atoms with E-state index in [1.54, 1.807) is 4.90 Å². The van der Waals surface area contributed by atoms with E-state index in [-0.39, 0.29) is 30.5 Å². The summed E-state index contributed by atoms with van der Waals surface area (Å²) in [5.74, 6) is -0.212. The zero-order chi connectivity index (χ0) is 13.9. The van der Waals surface area contributed by atoms with Crippen molar-refractivity contribution in [3.8, 4) is 0 Å². The number of aliphatic hydroxyl groups is 1. The maximum absolute atomic E-state index is 12.1. The number of hydrogen-bond donors (Lipinski definition) is 2. The maximum atomic E-state index is 12.1. The van der Waals surface area contributed by atoms with Gasteiger partial charge in [0.15, 0.2) is 0 Å². The Bertz CT molecular complexity index is 353. The minimum absolute atomic E-state index is 0.0523. The van der Waals surface area contributed by atoms with E-state index in [0.717, 1.165) is 19.3 Å². The van der Waals surface area contributed by atoms with Gasteiger partial charge in [-0.05, 0) is 25.7 Å². The standard InChI is InChI=1S/C13H22N2O4/c1-10(17)15-11(12(18)14-6-7-16)2-3-13(15)4-8-19-9-5-13/h11,16H,2-9H2,1H3,(H,14,18). The van der Waals surface area contributed by atoms with E-state index in [4.69, 9.17) is 9.84 Å². The number of nitrogens with zero attached hydrogens (tertiary/aromatic N) is 1. The zero-order valence-electron chi connectivity index (χ0n) is 11.4. The summed E-state index contributed by atoms with van der Waals surface area (Å²) >= 11 is 0. The van der Waals surface area contributed by atoms with E-state index in [1.165, 1.54) is 6.92 Å². The Hall–Kier alpha value is -1.14. The Morgan fingerprint density at radius 3 is 2.63 bits per heavy atom. The molecule has 0 aromatic heterocycles. The van der Waals surface area contributed by atoms with Gasteiger partial charge in [0, 0.05) is 32.2 Å². The Balaban J connectivity index is 2.13. The first kappa shape index (κ1) is 14.3. The molecule has 2 N–H and O–H groups in total. The first-order valence-corrected chi connectivity index (χ1v) is 6.87. The molecule has 2 fully saturated rings. The second-order valence-corrected chi connectivity index (χ2v) is 5.29. The van der Waals surface area contributed by atoms with Crippen molar-refractivity contribution in [2.45, 2.75) is 44.2 Å². The van der Waals surface area contributed by atoms with E-state index in [2.05, 4.69) is 5.32 Å². The first-order chi connectivity index (χ1) is 9.10. The van der Waals surface area contributed by atoms with Crippen molar-refractivity contribution in [1.82, 2.24) is 10.2 Å². The molecule has 108 valence electrons. The van der Waals surface area contributed by atoms with Gasteiger partial charge >= 0.3 is 0 Å². The molecule has 0 bridgehead atoms. The molecule has 19 heavy (non-hydrogen) atoms. The van der Waals surface area contributed by atoms with Crippen LogP contribution < -0.4 is 5.32 Å². The summed E-state index contributed by atoms with van der Waals surface area (Å²) in [6, 6.07) is -0.401. The van der Waals surface area contributed by atoms with Crippen molar-refractivity contribution < 1.29 is 19.4 Å². The average Bonchev–Trinajstić information content (AvgIpc) is 2.76. The minimum Gasteiger partial charge on any atom is -0.395 e. The topological polar surface area (TPSA) is 78.9 Å². The number of ether oxygens (including phenoxy) is 1. The number of carbonyl (C=O) groups excluding carboxylic acids is 2. The number of likely N-dealkylation sites (tertiary alicyclic amines) is 1. The molecule has 2 aliphatic heterocycles. The lowest BCUT2D eigenvalue weighted by atomic mass is 9.87. The Labute approximate surface area is 113 Å². The van der Waals surface area contributed by atoms with Crippen molar-refractivity contribution in [1.29, 1.82) is 0 Å². The number of carbonyl (C=O) groups is 2. The number of nitrogens with one attached hydrogen (secondary N) is 1. The highest BCUT2D eigenvalue weighted by molar-refractivity contribution is 5.88. The highest BCUT2D eigenvalue weighted by atomic mass is 16.5. The lowest BCUT2D eigenvalue weighted by Crippen LogP contribution is -2.56. The summed E-state index contributed by atoms with van der Waals surface area (Å²) in [6.45, 7) is 2.97. The maximum Gasteiger partial charge on any atom is 0.242 e. The Morgan fingerprint density at radius 2 is 2.05 bits per heavy atom. The Morgan fingerprint density at radius 1 is 1.37 bits per heavy atom. The fourth-order valence-corrected chi connectivity index (χ4v) is 3.33. The lowest BCUT2D eigenvalue weighted by molar-refractivity contribution is -0.145. The summed E-state index contributed by atoms with van der Waals surface area (Å²) in [7, 11) is 0. The van der Waals surface area contributed by atoms with Gasteiger partial charge in [-0.15, -0.1) is 0 Å². The van der Waals surface area contributed by atoms with Gasteiger partial charge in [0.2, 0.25) is 11.8 Å². The SMILES string of the molecule is CC(=O)N1C(C(=O)NCCO)CCC12CCOCC2. The third-order valence-corrected chi connectivity index (χ3v) is 4.18. The van der Waals surface area contributed by atoms with Gasteiger partial charge in [0.05, 0.1) is 6.61 Å². The fraction of sp³-hybridized carbons (Fsp3) is 0.846. The smallest absolute Gasteiger partial charge is 0.242 e. The average molecular weight is 270 g/mol. The van der Waals surface area contributed by atoms with Crippen LogP contribution in [-0.4, -0.2) is 59.8 Å². The van der Waals surface area contributed by atoms with E-state index in [0.29, 0.717) is 19.6 Å². The second kappa shape index (κ2) is 5.88. The van der Waals surface area contributed by atoms with Gasteiger partial charge in [-0.1, -0.05) is 0 Å². The number of rotatable bonds is 3. The van der Waals surface area contributed by atoms with Crippen LogP contribution in [-0.2, 0) is 14.3 Å². The summed E-state index contributed by atoms with van der Waals surface area (Å²) in [4.78, 5) is 25.8. The molecule has 0 saturated carbocycles. The molecule has 2 heterocycles. The minimum atomic E-state index is -0.401. The molecule has 2 rings (SSSR count). The van der Waals surface area contributed by atoms with Crippen LogP contribution in [0.1, 0.15) is 32.6 Å². The van der Waals surface area contributed by atoms with Gasteiger partial charge in [0.25, 0.3) is 0 Å². The quantitative estimate of drug-likeness (QED) is 0.735. The van der Waals surface area contributed by atoms with E-state index in [1.807, 2.05) is 0 Å². The molecule has 1 atom stereocenters. The van der Waals surface area contributed by atoms with E-state index in [9.17, 15) is 9.59 Å². The fourth-order valence-electron chi connectivity index (χ4n) is 3.33. The molecule has 1 spiro atoms. The van der Waals surface area contributed by atoms with E-state index >= 15 is 0 Å². The molecular weight excluding hydrogens is 248 g/mol. The summed E-state index contributed by atoms with van der Waals surface area (Å²) in [5, 5.41) is 11.4. The highest BCUT2D eigenvalue weighted by Crippen LogP contribution is 2.41. The van der Waals surface area contributed by atoms with Crippen LogP contribution in [0, 0.1) is 0 Å². The van der Waals surface area contributed by atoms with Crippen LogP contribution in [0.3, 0.4) is 0 Å². The van der Waals surface area contributed by atoms with Crippen LogP contribution in [0.2, 0.25) is 0 Å². The molecular formula is C13H22N2O4. The molecule has 6 heteroatoms. The lowest BCUT2D eigenvalue weighted by Gasteiger charge is -2.42. The first-order valence-electron chi connectivity index (χ1n) is 6.87. The van der Waals surface area contributed by atoms with Crippen LogP contribution in [0.25, 0.3) is 0 Å². The second-order valence-electron chi connectivity index (χ2n) is 5.29. The van der Waals surface area contributed by atoms with Gasteiger partial charge in [-0.2, -0.15) is 0 Å². The summed E-state index contributed by atoms with van der Waals surface area (Å²) in [6.07, 6.45) is 3.15. The van der Waals surface area contributed by atoms with Gasteiger partial charge in [0.1, 0.15) is 6.04 Å². The van der Waals surface area contributed by atoms with Crippen molar-refractivity contribution in [2.24, 2.45) is 0 Å². The normalized spacial score (nSPS) is 25.6. The molecule has 6 nitrogen and oxygen atoms in total. The number of hydrogen-bond acceptors (Lipinski definition) is 4. The third-order valence-electron chi connectivity index (χ3n) is 4.18. The predicted octanol–water partition coefficient (Wildman–Crippen LogP) is -0.345. The molecule has 0 aromatic rings. The molecule has 2 saturated heterocycles. The van der Waals surface area contributed by atoms with Crippen LogP contribution in [0.5, 0.6) is 0 Å². The molecule has 1 unspecified atom stereocenters. The molecule has 2 aliphatic rings. The Kier molecular flexibility index (Phi) is 4.42. The van der Waals surface area contributed by atoms with E-state index < -0.39 is 6.04 Å². The monoisotopic (exact) mass is 270 g/mol. The molecule has 0 radical (unpaired) electrons. The van der Waals surface area contributed by atoms with Crippen molar-refractivity contribution in [3.63, 3.8) is 0 Å². The number of aliphatic hydroxyl groups excluding tert-OH is 1. The molecule has 0 aliphatic carbocycles. The summed E-state index contributed by atoms with van der Waals surface area (Å²) < 4.78 is 5.37. The van der Waals surface area contributed by atoms with Gasteiger partial charge < -0.3 is 20.1 Å². The van der Waals surface area contributed by atoms with Crippen LogP contribution >= 0.6 is 0 Å². The molecule has 2 amide bonds. The van der Waals surface area contributed by atoms with Crippen molar-refractivity contribution in [2.75, 3.05) is 26.4 Å². The van der Waals surface area contributed by atoms with Crippen LogP contribution in [0.15, 0.2) is 0 Å². The molecule has 0 aromatic carbocycles. The van der Waals surface area contributed by atoms with Crippen molar-refractivity contribution in [3.05, 3.63) is 0 Å². The third kappa shape index (κ3) is 2.74. The largest absolute Gasteiger partial charge is 0.395 e. The predicted molar refractivity (Wildman–Crippen MR) is 68.4 cm³/mol. The summed E-state index contributed by atoms with van der Waals surface area (Å²) in [5.41, 5.74) is -0.203. The number of amides is 2. The van der Waals surface area contributed by atoms with Gasteiger partial charge in [-0.3, -0.25) is 9.59 Å². The van der Waals surface area contributed by atoms with Gasteiger partial charge in [-0.25, -0.2) is 0 Å². The van der Waals surface area contributed by atoms with Crippen molar-refractivity contribution >= 4 is 11.8 Å².